The predicted octanol–water partition coefficient (Wildman–Crippen LogP) is 4.38. The number of benzene rings is 2. The molecule has 4 nitrogen and oxygen atoms in total. The Bertz CT molecular complexity index is 769. The highest BCUT2D eigenvalue weighted by Gasteiger charge is 2.34. The fourth-order valence-corrected chi connectivity index (χ4v) is 3.93. The first kappa shape index (κ1) is 17.5. The fraction of sp³-hybridized carbons (Fsp3) is 0.429. The Hall–Kier alpha value is -2.36. The van der Waals surface area contributed by atoms with Gasteiger partial charge in [0, 0.05) is 5.92 Å². The highest BCUT2D eigenvalue weighted by molar-refractivity contribution is 5.53. The van der Waals surface area contributed by atoms with E-state index in [1.54, 1.807) is 21.3 Å². The zero-order valence-corrected chi connectivity index (χ0v) is 15.5. The maximum atomic E-state index is 10.3. The van der Waals surface area contributed by atoms with Crippen LogP contribution in [0.2, 0.25) is 0 Å². The molecule has 0 aromatic heterocycles. The van der Waals surface area contributed by atoms with Crippen molar-refractivity contribution in [3.05, 3.63) is 47.0 Å². The number of phenolic OH excluding ortho intramolecular Hbond substituents is 1. The van der Waals surface area contributed by atoms with Gasteiger partial charge in [0.1, 0.15) is 0 Å². The van der Waals surface area contributed by atoms with E-state index < -0.39 is 0 Å². The highest BCUT2D eigenvalue weighted by atomic mass is 16.5. The molecule has 0 radical (unpaired) electrons. The molecular weight excluding hydrogens is 316 g/mol. The Morgan fingerprint density at radius 2 is 1.56 bits per heavy atom. The van der Waals surface area contributed by atoms with Crippen LogP contribution in [0.4, 0.5) is 0 Å². The maximum Gasteiger partial charge on any atom is 0.161 e. The molecule has 0 saturated carbocycles. The van der Waals surface area contributed by atoms with Crippen LogP contribution in [0.3, 0.4) is 0 Å². The molecule has 0 fully saturated rings. The van der Waals surface area contributed by atoms with Gasteiger partial charge >= 0.3 is 0 Å². The number of aromatic hydroxyl groups is 1. The topological polar surface area (TPSA) is 47.9 Å². The van der Waals surface area contributed by atoms with Crippen molar-refractivity contribution < 1.29 is 19.3 Å². The van der Waals surface area contributed by atoms with Crippen molar-refractivity contribution >= 4 is 0 Å². The monoisotopic (exact) mass is 342 g/mol. The summed E-state index contributed by atoms with van der Waals surface area (Å²) in [6.07, 6.45) is 0.983. The number of hydrogen-bond acceptors (Lipinski definition) is 4. The summed E-state index contributed by atoms with van der Waals surface area (Å²) in [5, 5.41) is 10.3. The van der Waals surface area contributed by atoms with Crippen LogP contribution in [-0.2, 0) is 6.42 Å². The van der Waals surface area contributed by atoms with Gasteiger partial charge in [-0.05, 0) is 59.2 Å². The minimum Gasteiger partial charge on any atom is -0.504 e. The molecule has 0 amide bonds. The Morgan fingerprint density at radius 3 is 2.20 bits per heavy atom. The van der Waals surface area contributed by atoms with Gasteiger partial charge in [0.15, 0.2) is 23.0 Å². The predicted molar refractivity (Wildman–Crippen MR) is 98.1 cm³/mol. The summed E-state index contributed by atoms with van der Waals surface area (Å²) in [5.74, 6) is 3.33. The number of fused-ring (bicyclic) bond motifs is 1. The molecule has 0 spiro atoms. The summed E-state index contributed by atoms with van der Waals surface area (Å²) in [6, 6.07) is 9.91. The molecule has 0 saturated heterocycles. The van der Waals surface area contributed by atoms with Crippen molar-refractivity contribution in [2.45, 2.75) is 26.2 Å². The van der Waals surface area contributed by atoms with E-state index in [9.17, 15) is 5.11 Å². The Kier molecular flexibility index (Phi) is 4.80. The third kappa shape index (κ3) is 3.01. The van der Waals surface area contributed by atoms with Crippen molar-refractivity contribution in [3.63, 3.8) is 0 Å². The summed E-state index contributed by atoms with van der Waals surface area (Å²) >= 11 is 0. The van der Waals surface area contributed by atoms with E-state index in [0.717, 1.165) is 23.5 Å². The molecule has 1 aliphatic rings. The van der Waals surface area contributed by atoms with Crippen LogP contribution in [0.5, 0.6) is 23.0 Å². The second-order valence-corrected chi connectivity index (χ2v) is 6.86. The lowest BCUT2D eigenvalue weighted by Gasteiger charge is -2.37. The van der Waals surface area contributed by atoms with Crippen LogP contribution in [0.1, 0.15) is 36.5 Å². The lowest BCUT2D eigenvalue weighted by Crippen LogP contribution is -2.26. The van der Waals surface area contributed by atoms with Gasteiger partial charge in [0.05, 0.1) is 21.3 Å². The lowest BCUT2D eigenvalue weighted by molar-refractivity contribution is 0.318. The van der Waals surface area contributed by atoms with Crippen molar-refractivity contribution in [3.8, 4) is 23.0 Å². The number of phenols is 1. The zero-order chi connectivity index (χ0) is 18.1. The molecule has 0 aliphatic heterocycles. The van der Waals surface area contributed by atoms with Crippen molar-refractivity contribution in [1.29, 1.82) is 0 Å². The molecule has 2 unspecified atom stereocenters. The van der Waals surface area contributed by atoms with Crippen LogP contribution in [0.25, 0.3) is 0 Å². The van der Waals surface area contributed by atoms with Crippen LogP contribution in [0.15, 0.2) is 30.3 Å². The van der Waals surface area contributed by atoms with E-state index in [2.05, 4.69) is 19.9 Å². The van der Waals surface area contributed by atoms with Crippen molar-refractivity contribution in [2.24, 2.45) is 11.8 Å². The van der Waals surface area contributed by atoms with E-state index in [1.807, 2.05) is 24.3 Å². The van der Waals surface area contributed by atoms with Crippen molar-refractivity contribution in [2.75, 3.05) is 21.3 Å². The average Bonchev–Trinajstić information content (AvgIpc) is 2.62. The quantitative estimate of drug-likeness (QED) is 0.896. The van der Waals surface area contributed by atoms with E-state index in [4.69, 9.17) is 14.2 Å². The smallest absolute Gasteiger partial charge is 0.161 e. The highest BCUT2D eigenvalue weighted by Crippen LogP contribution is 2.47. The molecule has 3 atom stereocenters. The molecule has 2 aromatic rings. The molecule has 4 heteroatoms. The van der Waals surface area contributed by atoms with Crippen LogP contribution < -0.4 is 14.2 Å². The van der Waals surface area contributed by atoms with Gasteiger partial charge in [-0.1, -0.05) is 19.9 Å². The Balaban J connectivity index is 2.14. The summed E-state index contributed by atoms with van der Waals surface area (Å²) in [6.45, 7) is 4.55. The third-order valence-electron chi connectivity index (χ3n) is 5.51. The molecule has 1 aliphatic carbocycles. The first-order valence-corrected chi connectivity index (χ1v) is 8.61. The lowest BCUT2D eigenvalue weighted by atomic mass is 9.68. The average molecular weight is 342 g/mol. The van der Waals surface area contributed by atoms with Crippen LogP contribution in [-0.4, -0.2) is 26.4 Å². The van der Waals surface area contributed by atoms with Gasteiger partial charge < -0.3 is 19.3 Å². The van der Waals surface area contributed by atoms with Gasteiger partial charge in [-0.25, -0.2) is 0 Å². The summed E-state index contributed by atoms with van der Waals surface area (Å²) < 4.78 is 16.1. The summed E-state index contributed by atoms with van der Waals surface area (Å²) in [4.78, 5) is 0. The number of hydrogen-bond donors (Lipinski definition) is 1. The van der Waals surface area contributed by atoms with Gasteiger partial charge in [-0.2, -0.15) is 0 Å². The number of methoxy groups -OCH3 is 3. The van der Waals surface area contributed by atoms with E-state index in [1.165, 1.54) is 11.1 Å². The van der Waals surface area contributed by atoms with Gasteiger partial charge in [0.2, 0.25) is 0 Å². The van der Waals surface area contributed by atoms with E-state index in [0.29, 0.717) is 17.6 Å². The van der Waals surface area contributed by atoms with E-state index in [-0.39, 0.29) is 11.7 Å². The second kappa shape index (κ2) is 6.87. The normalized spacial score (nSPS) is 22.2. The minimum absolute atomic E-state index is 0.188. The molecule has 2 aromatic carbocycles. The third-order valence-corrected chi connectivity index (χ3v) is 5.51. The van der Waals surface area contributed by atoms with E-state index >= 15 is 0 Å². The SMILES string of the molecule is COc1cc2c(cc1O)[C@@H](c1ccc(OC)c(OC)c1)C(C)C(C)C2. The maximum absolute atomic E-state index is 10.3. The summed E-state index contributed by atoms with van der Waals surface area (Å²) in [5.41, 5.74) is 3.57. The number of rotatable bonds is 4. The zero-order valence-electron chi connectivity index (χ0n) is 15.5. The Morgan fingerprint density at radius 1 is 0.880 bits per heavy atom. The molecule has 0 heterocycles. The van der Waals surface area contributed by atoms with Gasteiger partial charge in [-0.3, -0.25) is 0 Å². The van der Waals surface area contributed by atoms with Crippen LogP contribution >= 0.6 is 0 Å². The largest absolute Gasteiger partial charge is 0.504 e. The Labute approximate surface area is 149 Å². The molecule has 3 rings (SSSR count). The van der Waals surface area contributed by atoms with Crippen LogP contribution in [0, 0.1) is 11.8 Å². The first-order chi connectivity index (χ1) is 12.0. The molecule has 1 N–H and O–H groups in total. The molecule has 0 bridgehead atoms. The fourth-order valence-electron chi connectivity index (χ4n) is 3.93. The van der Waals surface area contributed by atoms with Gasteiger partial charge in [0.25, 0.3) is 0 Å². The number of ether oxygens (including phenoxy) is 3. The standard InChI is InChI=1S/C21H26O4/c1-12-8-15-10-19(24-4)17(22)11-16(15)21(13(12)2)14-6-7-18(23-3)20(9-14)25-5/h6-7,9-13,21-22H,8H2,1-5H3/t12?,13?,21-/m1/s1. The first-order valence-electron chi connectivity index (χ1n) is 8.61. The molecular formula is C21H26O4. The van der Waals surface area contributed by atoms with Gasteiger partial charge in [-0.15, -0.1) is 0 Å². The van der Waals surface area contributed by atoms with Crippen molar-refractivity contribution in [1.82, 2.24) is 0 Å². The second-order valence-electron chi connectivity index (χ2n) is 6.86. The molecule has 134 valence electrons. The molecule has 25 heavy (non-hydrogen) atoms. The minimum atomic E-state index is 0.188. The summed E-state index contributed by atoms with van der Waals surface area (Å²) in [7, 11) is 4.88.